The monoisotopic (exact) mass is 278 g/mol. The second kappa shape index (κ2) is 8.14. The Labute approximate surface area is 114 Å². The molecular formula is C13H26O6. The minimum atomic E-state index is -0.808. The molecule has 0 aliphatic carbocycles. The summed E-state index contributed by atoms with van der Waals surface area (Å²) in [6.07, 6.45) is -0.874. The van der Waals surface area contributed by atoms with Crippen molar-refractivity contribution in [3.05, 3.63) is 0 Å². The highest BCUT2D eigenvalue weighted by Crippen LogP contribution is 2.32. The number of aliphatic hydroxyl groups is 1. The van der Waals surface area contributed by atoms with Gasteiger partial charge in [-0.3, -0.25) is 0 Å². The molecule has 4 atom stereocenters. The summed E-state index contributed by atoms with van der Waals surface area (Å²) in [5, 5.41) is 9.64. The maximum atomic E-state index is 9.64. The van der Waals surface area contributed by atoms with E-state index in [-0.39, 0.29) is 12.2 Å². The summed E-state index contributed by atoms with van der Waals surface area (Å²) in [7, 11) is 3.26. The van der Waals surface area contributed by atoms with Crippen LogP contribution in [0.4, 0.5) is 0 Å². The molecular weight excluding hydrogens is 252 g/mol. The number of rotatable bonds is 8. The predicted molar refractivity (Wildman–Crippen MR) is 69.0 cm³/mol. The highest BCUT2D eigenvalue weighted by molar-refractivity contribution is 4.93. The molecule has 1 N–H and O–H groups in total. The molecule has 1 heterocycles. The molecule has 1 saturated heterocycles. The number of hydrogen-bond donors (Lipinski definition) is 1. The first kappa shape index (κ1) is 16.8. The van der Waals surface area contributed by atoms with Gasteiger partial charge in [0.25, 0.3) is 0 Å². The molecule has 1 aliphatic rings. The smallest absolute Gasteiger partial charge is 0.157 e. The van der Waals surface area contributed by atoms with E-state index in [9.17, 15) is 5.11 Å². The molecule has 1 rings (SSSR count). The third-order valence-corrected chi connectivity index (χ3v) is 3.40. The summed E-state index contributed by atoms with van der Waals surface area (Å²) in [5.41, 5.74) is -0.552. The molecule has 1 aliphatic heterocycles. The van der Waals surface area contributed by atoms with Crippen LogP contribution in [0, 0.1) is 0 Å². The van der Waals surface area contributed by atoms with Crippen LogP contribution in [0.25, 0.3) is 0 Å². The maximum absolute atomic E-state index is 9.64. The lowest BCUT2D eigenvalue weighted by molar-refractivity contribution is -0.275. The summed E-state index contributed by atoms with van der Waals surface area (Å²) in [4.78, 5) is 0. The van der Waals surface area contributed by atoms with Gasteiger partial charge in [-0.15, -0.1) is 0 Å². The Hall–Kier alpha value is -0.240. The van der Waals surface area contributed by atoms with Crippen molar-refractivity contribution >= 4 is 0 Å². The van der Waals surface area contributed by atoms with Gasteiger partial charge in [-0.25, -0.2) is 0 Å². The molecule has 19 heavy (non-hydrogen) atoms. The highest BCUT2D eigenvalue weighted by atomic mass is 16.6. The van der Waals surface area contributed by atoms with E-state index in [1.54, 1.807) is 14.2 Å². The second-order valence-corrected chi connectivity index (χ2v) is 4.91. The van der Waals surface area contributed by atoms with Crippen molar-refractivity contribution < 1.29 is 28.8 Å². The minimum Gasteiger partial charge on any atom is -0.382 e. The Morgan fingerprint density at radius 1 is 1.21 bits per heavy atom. The Kier molecular flexibility index (Phi) is 7.20. The molecule has 0 radical (unpaired) electrons. The zero-order chi connectivity index (χ0) is 14.3. The quantitative estimate of drug-likeness (QED) is 0.655. The lowest BCUT2D eigenvalue weighted by Gasteiger charge is -2.45. The molecule has 1 unspecified atom stereocenters. The Morgan fingerprint density at radius 2 is 1.89 bits per heavy atom. The van der Waals surface area contributed by atoms with Crippen molar-refractivity contribution in [2.75, 3.05) is 40.6 Å². The normalized spacial score (nSPS) is 35.5. The molecule has 114 valence electrons. The van der Waals surface area contributed by atoms with E-state index in [1.807, 2.05) is 13.8 Å². The number of methoxy groups -OCH3 is 2. The summed E-state index contributed by atoms with van der Waals surface area (Å²) in [5.74, 6) is 0. The maximum Gasteiger partial charge on any atom is 0.157 e. The summed E-state index contributed by atoms with van der Waals surface area (Å²) >= 11 is 0. The van der Waals surface area contributed by atoms with Gasteiger partial charge >= 0.3 is 0 Å². The lowest BCUT2D eigenvalue weighted by atomic mass is 9.88. The Bertz CT molecular complexity index is 249. The summed E-state index contributed by atoms with van der Waals surface area (Å²) in [6.45, 7) is 5.87. The predicted octanol–water partition coefficient (Wildman–Crippen LogP) is 0.567. The molecule has 0 aromatic rings. The fourth-order valence-electron chi connectivity index (χ4n) is 2.32. The van der Waals surface area contributed by atoms with Crippen LogP contribution in [0.2, 0.25) is 0 Å². The SMILES string of the molecule is COCCOCCO[C@H]1[C@H](C)OC(O)C[C@@]1(C)OC. The fourth-order valence-corrected chi connectivity index (χ4v) is 2.32. The van der Waals surface area contributed by atoms with Gasteiger partial charge in [0.1, 0.15) is 6.10 Å². The Balaban J connectivity index is 2.36. The molecule has 6 nitrogen and oxygen atoms in total. The van der Waals surface area contributed by atoms with Gasteiger partial charge in [0.15, 0.2) is 6.29 Å². The van der Waals surface area contributed by atoms with E-state index in [0.29, 0.717) is 32.8 Å². The van der Waals surface area contributed by atoms with Crippen molar-refractivity contribution in [3.8, 4) is 0 Å². The minimum absolute atomic E-state index is 0.229. The van der Waals surface area contributed by atoms with E-state index < -0.39 is 11.9 Å². The van der Waals surface area contributed by atoms with Gasteiger partial charge in [-0.1, -0.05) is 0 Å². The van der Waals surface area contributed by atoms with Crippen LogP contribution < -0.4 is 0 Å². The van der Waals surface area contributed by atoms with Crippen LogP contribution in [-0.2, 0) is 23.7 Å². The Morgan fingerprint density at radius 3 is 2.53 bits per heavy atom. The lowest BCUT2D eigenvalue weighted by Crippen LogP contribution is -2.57. The van der Waals surface area contributed by atoms with Crippen LogP contribution in [0.15, 0.2) is 0 Å². The fraction of sp³-hybridized carbons (Fsp3) is 1.00. The first-order valence-corrected chi connectivity index (χ1v) is 6.60. The third-order valence-electron chi connectivity index (χ3n) is 3.40. The van der Waals surface area contributed by atoms with Crippen LogP contribution >= 0.6 is 0 Å². The van der Waals surface area contributed by atoms with Crippen LogP contribution in [0.3, 0.4) is 0 Å². The number of hydrogen-bond acceptors (Lipinski definition) is 6. The van der Waals surface area contributed by atoms with E-state index in [2.05, 4.69) is 0 Å². The zero-order valence-electron chi connectivity index (χ0n) is 12.3. The molecule has 0 saturated carbocycles. The molecule has 0 aromatic carbocycles. The van der Waals surface area contributed by atoms with Gasteiger partial charge in [0.2, 0.25) is 0 Å². The largest absolute Gasteiger partial charge is 0.382 e. The van der Waals surface area contributed by atoms with E-state index in [4.69, 9.17) is 23.7 Å². The van der Waals surface area contributed by atoms with Gasteiger partial charge in [0.05, 0.1) is 38.1 Å². The van der Waals surface area contributed by atoms with Crippen molar-refractivity contribution in [2.24, 2.45) is 0 Å². The van der Waals surface area contributed by atoms with Crippen LogP contribution in [0.5, 0.6) is 0 Å². The average Bonchev–Trinajstić information content (AvgIpc) is 2.36. The van der Waals surface area contributed by atoms with Gasteiger partial charge in [0, 0.05) is 20.6 Å². The second-order valence-electron chi connectivity index (χ2n) is 4.91. The van der Waals surface area contributed by atoms with E-state index in [0.717, 1.165) is 0 Å². The van der Waals surface area contributed by atoms with Crippen LogP contribution in [-0.4, -0.2) is 69.9 Å². The molecule has 6 heteroatoms. The van der Waals surface area contributed by atoms with Crippen LogP contribution in [0.1, 0.15) is 20.3 Å². The van der Waals surface area contributed by atoms with Gasteiger partial charge in [-0.05, 0) is 13.8 Å². The first-order valence-electron chi connectivity index (χ1n) is 6.60. The van der Waals surface area contributed by atoms with E-state index >= 15 is 0 Å². The molecule has 1 fully saturated rings. The standard InChI is InChI=1S/C13H26O6/c1-10-12(18-8-7-17-6-5-15-3)13(2,16-4)9-11(14)19-10/h10-12,14H,5-9H2,1-4H3/t10-,11?,12-,13+/m0/s1. The topological polar surface area (TPSA) is 66.4 Å². The van der Waals surface area contributed by atoms with Gasteiger partial charge < -0.3 is 28.8 Å². The summed E-state index contributed by atoms with van der Waals surface area (Å²) < 4.78 is 26.9. The summed E-state index contributed by atoms with van der Waals surface area (Å²) in [6, 6.07) is 0. The highest BCUT2D eigenvalue weighted by Gasteiger charge is 2.46. The van der Waals surface area contributed by atoms with Crippen molar-refractivity contribution in [1.82, 2.24) is 0 Å². The molecule has 0 amide bonds. The third kappa shape index (κ3) is 4.98. The molecule has 0 spiro atoms. The van der Waals surface area contributed by atoms with Crippen molar-refractivity contribution in [3.63, 3.8) is 0 Å². The van der Waals surface area contributed by atoms with E-state index in [1.165, 1.54) is 0 Å². The van der Waals surface area contributed by atoms with Gasteiger partial charge in [-0.2, -0.15) is 0 Å². The zero-order valence-corrected chi connectivity index (χ0v) is 12.3. The average molecular weight is 278 g/mol. The molecule has 0 aromatic heterocycles. The first-order chi connectivity index (χ1) is 9.03. The number of aliphatic hydroxyl groups excluding tert-OH is 1. The van der Waals surface area contributed by atoms with Crippen molar-refractivity contribution in [1.29, 1.82) is 0 Å². The molecule has 0 bridgehead atoms. The van der Waals surface area contributed by atoms with Crippen molar-refractivity contribution in [2.45, 2.75) is 44.4 Å². The number of ether oxygens (including phenoxy) is 5.